The van der Waals surface area contributed by atoms with Gasteiger partial charge in [-0.2, -0.15) is 0 Å². The first-order chi connectivity index (χ1) is 15.4. The minimum atomic E-state index is -0.567. The number of nitrogens with one attached hydrogen (secondary N) is 3. The molecule has 8 heteroatoms. The zero-order valence-electron chi connectivity index (χ0n) is 18.2. The number of para-hydroxylation sites is 1. The van der Waals surface area contributed by atoms with Crippen molar-refractivity contribution < 1.29 is 9.59 Å². The highest BCUT2D eigenvalue weighted by Crippen LogP contribution is 2.40. The molecule has 0 bridgehead atoms. The quantitative estimate of drug-likeness (QED) is 0.436. The number of urea groups is 1. The van der Waals surface area contributed by atoms with Crippen LogP contribution in [0, 0.1) is 5.92 Å². The molecule has 1 fully saturated rings. The van der Waals surface area contributed by atoms with Crippen LogP contribution in [0.1, 0.15) is 37.6 Å². The maximum absolute atomic E-state index is 12.4. The first-order valence-electron chi connectivity index (χ1n) is 10.8. The van der Waals surface area contributed by atoms with E-state index in [1.54, 1.807) is 0 Å². The lowest BCUT2D eigenvalue weighted by atomic mass is 10.0. The van der Waals surface area contributed by atoms with Gasteiger partial charge in [0, 0.05) is 17.3 Å². The second-order valence-corrected chi connectivity index (χ2v) is 8.46. The van der Waals surface area contributed by atoms with Gasteiger partial charge in [-0.15, -0.1) is 0 Å². The second-order valence-electron chi connectivity index (χ2n) is 8.46. The van der Waals surface area contributed by atoms with Crippen LogP contribution < -0.4 is 21.7 Å². The summed E-state index contributed by atoms with van der Waals surface area (Å²) in [5, 5.41) is 9.79. The lowest BCUT2D eigenvalue weighted by Gasteiger charge is -2.21. The Balaban J connectivity index is 1.43. The minimum absolute atomic E-state index is 0.00955. The summed E-state index contributed by atoms with van der Waals surface area (Å²) in [6.07, 6.45) is 0.932. The number of nitrogens with two attached hydrogens (primary N) is 1. The number of aromatic nitrogens is 2. The first-order valence-corrected chi connectivity index (χ1v) is 10.8. The molecular weight excluding hydrogens is 404 g/mol. The van der Waals surface area contributed by atoms with E-state index in [1.807, 2.05) is 56.3 Å². The molecule has 0 saturated heterocycles. The van der Waals surface area contributed by atoms with Crippen LogP contribution in [0.3, 0.4) is 0 Å². The molecule has 1 saturated carbocycles. The molecule has 3 amide bonds. The fourth-order valence-corrected chi connectivity index (χ4v) is 3.83. The van der Waals surface area contributed by atoms with Crippen molar-refractivity contribution in [3.8, 4) is 0 Å². The highest BCUT2D eigenvalue weighted by molar-refractivity contribution is 5.92. The maximum atomic E-state index is 12.4. The molecule has 1 aliphatic rings. The Labute approximate surface area is 187 Å². The molecule has 0 unspecified atom stereocenters. The van der Waals surface area contributed by atoms with E-state index in [4.69, 9.17) is 5.73 Å². The Morgan fingerprint density at radius 2 is 1.78 bits per heavy atom. The van der Waals surface area contributed by atoms with Gasteiger partial charge in [-0.05, 0) is 30.0 Å². The topological polar surface area (TPSA) is 122 Å². The minimum Gasteiger partial charge on any atom is -0.368 e. The van der Waals surface area contributed by atoms with E-state index >= 15 is 0 Å². The average molecular weight is 433 g/mol. The number of hydrogen-bond acceptors (Lipinski definition) is 5. The monoisotopic (exact) mass is 432 g/mol. The number of primary amides is 1. The van der Waals surface area contributed by atoms with Crippen molar-refractivity contribution in [3.05, 3.63) is 66.0 Å². The van der Waals surface area contributed by atoms with Gasteiger partial charge >= 0.3 is 6.03 Å². The fraction of sp³-hybridized carbons (Fsp3) is 0.333. The molecule has 4 rings (SSSR count). The van der Waals surface area contributed by atoms with E-state index in [-0.39, 0.29) is 24.5 Å². The number of carbonyl (C=O) groups is 2. The van der Waals surface area contributed by atoms with Crippen molar-refractivity contribution >= 4 is 28.7 Å². The van der Waals surface area contributed by atoms with Gasteiger partial charge in [0.2, 0.25) is 5.91 Å². The average Bonchev–Trinajstić information content (AvgIpc) is 3.55. The lowest BCUT2D eigenvalue weighted by Crippen LogP contribution is -2.40. The predicted molar refractivity (Wildman–Crippen MR) is 124 cm³/mol. The van der Waals surface area contributed by atoms with E-state index in [0.29, 0.717) is 17.6 Å². The molecule has 0 radical (unpaired) electrons. The van der Waals surface area contributed by atoms with Crippen molar-refractivity contribution in [2.45, 2.75) is 44.8 Å². The Bertz CT molecular complexity index is 1120. The summed E-state index contributed by atoms with van der Waals surface area (Å²) in [5.41, 5.74) is 7.52. The second kappa shape index (κ2) is 9.21. The van der Waals surface area contributed by atoms with Gasteiger partial charge < -0.3 is 21.7 Å². The number of benzene rings is 2. The SMILES string of the molecule is CC(C)[C@H](Nc1nc(CNC(=O)N[C@@H]2C[C@H]2c2ccccc2)nc2ccccc12)C(N)=O. The van der Waals surface area contributed by atoms with Crippen molar-refractivity contribution in [1.29, 1.82) is 0 Å². The number of hydrogen-bond donors (Lipinski definition) is 4. The molecule has 1 aromatic heterocycles. The normalized spacial score (nSPS) is 18.2. The van der Waals surface area contributed by atoms with Crippen molar-refractivity contribution in [3.63, 3.8) is 0 Å². The van der Waals surface area contributed by atoms with Crippen LogP contribution in [-0.2, 0) is 11.3 Å². The van der Waals surface area contributed by atoms with E-state index in [1.165, 1.54) is 5.56 Å². The summed E-state index contributed by atoms with van der Waals surface area (Å²) in [5.74, 6) is 0.876. The molecule has 2 aromatic carbocycles. The van der Waals surface area contributed by atoms with Gasteiger partial charge in [0.05, 0.1) is 12.1 Å². The zero-order chi connectivity index (χ0) is 22.7. The molecule has 166 valence electrons. The molecule has 3 aromatic rings. The number of fused-ring (bicyclic) bond motifs is 1. The van der Waals surface area contributed by atoms with Crippen LogP contribution >= 0.6 is 0 Å². The standard InChI is InChI=1S/C24H28N6O2/c1-14(2)21(22(25)31)30-23-16-10-6-7-11-18(16)27-20(29-23)13-26-24(32)28-19-12-17(19)15-8-4-3-5-9-15/h3-11,14,17,19,21H,12-13H2,1-2H3,(H2,25,31)(H2,26,28,32)(H,27,29,30)/t17-,19+,21-/m0/s1. The number of carbonyl (C=O) groups excluding carboxylic acids is 2. The third-order valence-electron chi connectivity index (χ3n) is 5.66. The van der Waals surface area contributed by atoms with Crippen LogP contribution in [0.4, 0.5) is 10.6 Å². The Kier molecular flexibility index (Phi) is 6.20. The van der Waals surface area contributed by atoms with E-state index < -0.39 is 11.9 Å². The van der Waals surface area contributed by atoms with Crippen LogP contribution in [0.2, 0.25) is 0 Å². The van der Waals surface area contributed by atoms with Crippen molar-refractivity contribution in [1.82, 2.24) is 20.6 Å². The van der Waals surface area contributed by atoms with E-state index in [0.717, 1.165) is 17.3 Å². The summed E-state index contributed by atoms with van der Waals surface area (Å²) < 4.78 is 0. The highest BCUT2D eigenvalue weighted by atomic mass is 16.2. The first kappa shape index (κ1) is 21.5. The highest BCUT2D eigenvalue weighted by Gasteiger charge is 2.39. The van der Waals surface area contributed by atoms with Crippen molar-refractivity contribution in [2.75, 3.05) is 5.32 Å². The molecule has 5 N–H and O–H groups in total. The Morgan fingerprint density at radius 3 is 2.50 bits per heavy atom. The largest absolute Gasteiger partial charge is 0.368 e. The van der Waals surface area contributed by atoms with Gasteiger partial charge in [0.25, 0.3) is 0 Å². The summed E-state index contributed by atoms with van der Waals surface area (Å²) >= 11 is 0. The van der Waals surface area contributed by atoms with Crippen molar-refractivity contribution in [2.24, 2.45) is 11.7 Å². The molecule has 8 nitrogen and oxygen atoms in total. The Hall–Kier alpha value is -3.68. The van der Waals surface area contributed by atoms with E-state index in [2.05, 4.69) is 38.1 Å². The number of rotatable bonds is 8. The molecule has 0 aliphatic heterocycles. The van der Waals surface area contributed by atoms with Crippen LogP contribution in [0.25, 0.3) is 10.9 Å². The zero-order valence-corrected chi connectivity index (χ0v) is 18.2. The Morgan fingerprint density at radius 1 is 1.06 bits per heavy atom. The molecule has 0 spiro atoms. The smallest absolute Gasteiger partial charge is 0.315 e. The number of anilines is 1. The summed E-state index contributed by atoms with van der Waals surface area (Å²) in [6.45, 7) is 4.00. The molecule has 1 heterocycles. The van der Waals surface area contributed by atoms with Crippen LogP contribution in [0.15, 0.2) is 54.6 Å². The summed E-state index contributed by atoms with van der Waals surface area (Å²) in [6, 6.07) is 17.0. The predicted octanol–water partition coefficient (Wildman–Crippen LogP) is 2.91. The van der Waals surface area contributed by atoms with Gasteiger partial charge in [0.15, 0.2) is 5.82 Å². The van der Waals surface area contributed by atoms with Gasteiger partial charge in [-0.3, -0.25) is 4.79 Å². The fourth-order valence-electron chi connectivity index (χ4n) is 3.83. The number of nitrogens with zero attached hydrogens (tertiary/aromatic N) is 2. The van der Waals surface area contributed by atoms with Gasteiger partial charge in [0.1, 0.15) is 11.9 Å². The maximum Gasteiger partial charge on any atom is 0.315 e. The lowest BCUT2D eigenvalue weighted by molar-refractivity contribution is -0.119. The summed E-state index contributed by atoms with van der Waals surface area (Å²) in [4.78, 5) is 33.4. The molecular formula is C24H28N6O2. The van der Waals surface area contributed by atoms with E-state index in [9.17, 15) is 9.59 Å². The third-order valence-corrected chi connectivity index (χ3v) is 5.66. The third kappa shape index (κ3) is 4.96. The molecule has 32 heavy (non-hydrogen) atoms. The van der Waals surface area contributed by atoms with Crippen LogP contribution in [0.5, 0.6) is 0 Å². The van der Waals surface area contributed by atoms with Gasteiger partial charge in [-0.25, -0.2) is 14.8 Å². The molecule has 1 aliphatic carbocycles. The summed E-state index contributed by atoms with van der Waals surface area (Å²) in [7, 11) is 0. The number of amides is 3. The van der Waals surface area contributed by atoms with Crippen LogP contribution in [-0.4, -0.2) is 34.0 Å². The van der Waals surface area contributed by atoms with Gasteiger partial charge in [-0.1, -0.05) is 56.3 Å². The molecule has 3 atom stereocenters.